The van der Waals surface area contributed by atoms with E-state index in [0.29, 0.717) is 15.9 Å². The van der Waals surface area contributed by atoms with Gasteiger partial charge >= 0.3 is 0 Å². The average molecular weight is 328 g/mol. The normalized spacial score (nSPS) is 10.4. The number of hydrogen-bond donors (Lipinski definition) is 1. The number of rotatable bonds is 4. The highest BCUT2D eigenvalue weighted by Gasteiger charge is 2.15. The summed E-state index contributed by atoms with van der Waals surface area (Å²) in [6.07, 6.45) is 3.17. The fraction of sp³-hybridized carbons (Fsp3) is 0.0667. The Morgan fingerprint density at radius 2 is 2.05 bits per heavy atom. The lowest BCUT2D eigenvalue weighted by atomic mass is 10.1. The van der Waals surface area contributed by atoms with Crippen LogP contribution >= 0.6 is 23.4 Å². The van der Waals surface area contributed by atoms with E-state index >= 15 is 0 Å². The maximum absolute atomic E-state index is 8.72. The number of thioether (sulfide) groups is 1. The van der Waals surface area contributed by atoms with Crippen LogP contribution in [-0.4, -0.2) is 25.7 Å². The van der Waals surface area contributed by atoms with E-state index < -0.39 is 0 Å². The van der Waals surface area contributed by atoms with Gasteiger partial charge in [0.2, 0.25) is 0 Å². The number of nitriles is 1. The first-order valence-electron chi connectivity index (χ1n) is 6.40. The molecule has 0 aliphatic heterocycles. The third-order valence-corrected chi connectivity index (χ3v) is 3.90. The zero-order chi connectivity index (χ0) is 15.4. The molecule has 0 aliphatic rings. The predicted molar refractivity (Wildman–Crippen MR) is 86.4 cm³/mol. The molecule has 108 valence electrons. The minimum absolute atomic E-state index is 0.330. The lowest BCUT2D eigenvalue weighted by Gasteiger charge is -2.02. The van der Waals surface area contributed by atoms with Crippen LogP contribution in [0.3, 0.4) is 0 Å². The van der Waals surface area contributed by atoms with Gasteiger partial charge in [0.1, 0.15) is 6.33 Å². The molecular formula is C15H10ClN5S. The van der Waals surface area contributed by atoms with Gasteiger partial charge in [0.25, 0.3) is 0 Å². The summed E-state index contributed by atoms with van der Waals surface area (Å²) < 4.78 is 0. The van der Waals surface area contributed by atoms with Gasteiger partial charge in [-0.2, -0.15) is 5.26 Å². The number of imidazole rings is 1. The summed E-state index contributed by atoms with van der Waals surface area (Å²) in [6.45, 7) is 0. The number of nitrogens with zero attached hydrogens (tertiary/aromatic N) is 4. The minimum Gasteiger partial charge on any atom is -0.331 e. The molecule has 3 rings (SSSR count). The molecule has 0 radical (unpaired) electrons. The molecule has 0 aliphatic carbocycles. The molecule has 0 saturated carbocycles. The molecule has 7 heteroatoms. The summed E-state index contributed by atoms with van der Waals surface area (Å²) in [5.74, 6) is 0.330. The third kappa shape index (κ3) is 3.11. The van der Waals surface area contributed by atoms with Crippen molar-refractivity contribution in [1.82, 2.24) is 19.9 Å². The van der Waals surface area contributed by atoms with E-state index in [1.54, 1.807) is 6.20 Å². The number of H-pyrrole nitrogens is 1. The highest BCUT2D eigenvalue weighted by Crippen LogP contribution is 2.32. The standard InChI is InChI=1S/C15H10ClN5S/c16-11-3-1-10(2-4-11)13-14(12-5-7-18-9-19-12)21-15(20-13)22-8-6-17/h1-5,7,9H,8H2,(H,20,21). The third-order valence-electron chi connectivity index (χ3n) is 2.91. The van der Waals surface area contributed by atoms with Crippen molar-refractivity contribution in [2.75, 3.05) is 5.75 Å². The number of aromatic nitrogens is 4. The highest BCUT2D eigenvalue weighted by atomic mass is 35.5. The van der Waals surface area contributed by atoms with Gasteiger partial charge in [0.05, 0.1) is 28.9 Å². The van der Waals surface area contributed by atoms with Gasteiger partial charge in [0, 0.05) is 16.8 Å². The van der Waals surface area contributed by atoms with Crippen LogP contribution in [0.15, 0.2) is 48.0 Å². The summed E-state index contributed by atoms with van der Waals surface area (Å²) in [5, 5.41) is 10.1. The van der Waals surface area contributed by atoms with Crippen LogP contribution in [0.2, 0.25) is 5.02 Å². The SMILES string of the molecule is N#CCSc1nc(-c2ccc(Cl)cc2)c(-c2ccncn2)[nH]1. The molecule has 1 aromatic carbocycles. The largest absolute Gasteiger partial charge is 0.331 e. The van der Waals surface area contributed by atoms with Crippen LogP contribution in [0.4, 0.5) is 0 Å². The van der Waals surface area contributed by atoms with Crippen LogP contribution in [0.25, 0.3) is 22.6 Å². The Hall–Kier alpha value is -2.36. The number of nitrogens with one attached hydrogen (secondary N) is 1. The van der Waals surface area contributed by atoms with Gasteiger partial charge in [0.15, 0.2) is 5.16 Å². The first-order valence-corrected chi connectivity index (χ1v) is 7.76. The minimum atomic E-state index is 0.330. The van der Waals surface area contributed by atoms with Gasteiger partial charge in [-0.1, -0.05) is 35.5 Å². The van der Waals surface area contributed by atoms with Crippen LogP contribution in [-0.2, 0) is 0 Å². The first-order chi connectivity index (χ1) is 10.8. The Morgan fingerprint density at radius 1 is 1.23 bits per heavy atom. The molecule has 3 aromatic rings. The Labute approximate surface area is 136 Å². The maximum Gasteiger partial charge on any atom is 0.167 e. The van der Waals surface area contributed by atoms with Crippen molar-refractivity contribution in [3.63, 3.8) is 0 Å². The van der Waals surface area contributed by atoms with E-state index in [1.165, 1.54) is 18.1 Å². The summed E-state index contributed by atoms with van der Waals surface area (Å²) in [4.78, 5) is 16.0. The summed E-state index contributed by atoms with van der Waals surface area (Å²) in [5.41, 5.74) is 3.25. The molecule has 2 heterocycles. The highest BCUT2D eigenvalue weighted by molar-refractivity contribution is 7.99. The lowest BCUT2D eigenvalue weighted by molar-refractivity contribution is 1.06. The van der Waals surface area contributed by atoms with Crippen molar-refractivity contribution in [3.05, 3.63) is 47.9 Å². The zero-order valence-electron chi connectivity index (χ0n) is 11.3. The molecule has 0 spiro atoms. The van der Waals surface area contributed by atoms with E-state index in [-0.39, 0.29) is 0 Å². The number of benzene rings is 1. The Balaban J connectivity index is 2.08. The summed E-state index contributed by atoms with van der Waals surface area (Å²) >= 11 is 7.29. The maximum atomic E-state index is 8.72. The smallest absolute Gasteiger partial charge is 0.167 e. The van der Waals surface area contributed by atoms with Crippen molar-refractivity contribution >= 4 is 23.4 Å². The van der Waals surface area contributed by atoms with Crippen molar-refractivity contribution in [3.8, 4) is 28.7 Å². The number of aromatic amines is 1. The van der Waals surface area contributed by atoms with Gasteiger partial charge in [-0.15, -0.1) is 0 Å². The molecule has 0 saturated heterocycles. The average Bonchev–Trinajstić information content (AvgIpc) is 2.98. The molecule has 22 heavy (non-hydrogen) atoms. The molecule has 0 bridgehead atoms. The van der Waals surface area contributed by atoms with E-state index in [2.05, 4.69) is 26.0 Å². The fourth-order valence-corrected chi connectivity index (χ4v) is 2.62. The van der Waals surface area contributed by atoms with Crippen molar-refractivity contribution < 1.29 is 0 Å². The van der Waals surface area contributed by atoms with Gasteiger partial charge < -0.3 is 4.98 Å². The molecule has 0 unspecified atom stereocenters. The van der Waals surface area contributed by atoms with Crippen molar-refractivity contribution in [2.45, 2.75) is 5.16 Å². The monoisotopic (exact) mass is 327 g/mol. The Morgan fingerprint density at radius 3 is 2.73 bits per heavy atom. The second-order valence-electron chi connectivity index (χ2n) is 4.31. The van der Waals surface area contributed by atoms with Crippen LogP contribution < -0.4 is 0 Å². The molecule has 5 nitrogen and oxygen atoms in total. The molecule has 0 atom stereocenters. The van der Waals surface area contributed by atoms with E-state index in [4.69, 9.17) is 16.9 Å². The molecule has 0 amide bonds. The topological polar surface area (TPSA) is 78.2 Å². The van der Waals surface area contributed by atoms with E-state index in [9.17, 15) is 0 Å². The number of halogens is 1. The van der Waals surface area contributed by atoms with E-state index in [1.807, 2.05) is 30.3 Å². The Kier molecular flexibility index (Phi) is 4.37. The summed E-state index contributed by atoms with van der Waals surface area (Å²) in [6, 6.07) is 11.3. The second-order valence-corrected chi connectivity index (χ2v) is 5.71. The van der Waals surface area contributed by atoms with Gasteiger partial charge in [-0.25, -0.2) is 15.0 Å². The second kappa shape index (κ2) is 6.60. The summed E-state index contributed by atoms with van der Waals surface area (Å²) in [7, 11) is 0. The predicted octanol–water partition coefficient (Wildman–Crippen LogP) is 3.80. The molecule has 0 fully saturated rings. The Bertz CT molecular complexity index is 808. The van der Waals surface area contributed by atoms with Crippen molar-refractivity contribution in [2.24, 2.45) is 0 Å². The molecule has 1 N–H and O–H groups in total. The molecule has 2 aromatic heterocycles. The van der Waals surface area contributed by atoms with Gasteiger partial charge in [-0.3, -0.25) is 0 Å². The van der Waals surface area contributed by atoms with Crippen LogP contribution in [0, 0.1) is 11.3 Å². The van der Waals surface area contributed by atoms with Crippen LogP contribution in [0.5, 0.6) is 0 Å². The quantitative estimate of drug-likeness (QED) is 0.737. The fourth-order valence-electron chi connectivity index (χ4n) is 1.96. The number of hydrogen-bond acceptors (Lipinski definition) is 5. The van der Waals surface area contributed by atoms with Crippen molar-refractivity contribution in [1.29, 1.82) is 5.26 Å². The molecular weight excluding hydrogens is 318 g/mol. The lowest BCUT2D eigenvalue weighted by Crippen LogP contribution is -1.87. The van der Waals surface area contributed by atoms with Gasteiger partial charge in [-0.05, 0) is 18.2 Å². The zero-order valence-corrected chi connectivity index (χ0v) is 12.9. The van der Waals surface area contributed by atoms with Crippen LogP contribution in [0.1, 0.15) is 0 Å². The van der Waals surface area contributed by atoms with E-state index in [0.717, 1.165) is 22.6 Å². The first kappa shape index (κ1) is 14.6.